The van der Waals surface area contributed by atoms with Crippen molar-refractivity contribution < 1.29 is 0 Å². The summed E-state index contributed by atoms with van der Waals surface area (Å²) in [5.41, 5.74) is 0.668. The average molecular weight is 314 g/mol. The van der Waals surface area contributed by atoms with E-state index in [1.165, 1.54) is 6.07 Å². The molecule has 1 unspecified atom stereocenters. The highest BCUT2D eigenvalue weighted by atomic mass is 16.1. The van der Waals surface area contributed by atoms with E-state index in [2.05, 4.69) is 36.9 Å². The molecule has 0 radical (unpaired) electrons. The molecule has 1 aliphatic rings. The van der Waals surface area contributed by atoms with Gasteiger partial charge in [-0.3, -0.25) is 9.69 Å². The third kappa shape index (κ3) is 3.73. The van der Waals surface area contributed by atoms with E-state index in [-0.39, 0.29) is 11.6 Å². The molecular weight excluding hydrogens is 292 g/mol. The number of H-pyrrole nitrogens is 1. The van der Waals surface area contributed by atoms with Gasteiger partial charge in [0.1, 0.15) is 5.82 Å². The molecule has 3 heterocycles. The van der Waals surface area contributed by atoms with Crippen LogP contribution in [0.3, 0.4) is 0 Å². The molecule has 0 aliphatic carbocycles. The number of rotatable bonds is 3. The molecule has 0 aromatic carbocycles. The summed E-state index contributed by atoms with van der Waals surface area (Å²) in [6.45, 7) is 7.66. The zero-order chi connectivity index (χ0) is 16.2. The number of aromatic nitrogens is 4. The second-order valence-electron chi connectivity index (χ2n) is 5.91. The van der Waals surface area contributed by atoms with Gasteiger partial charge in [0.05, 0.1) is 6.04 Å². The lowest BCUT2D eigenvalue weighted by molar-refractivity contribution is 0.217. The molecule has 1 N–H and O–H groups in total. The summed E-state index contributed by atoms with van der Waals surface area (Å²) in [4.78, 5) is 23.6. The van der Waals surface area contributed by atoms with E-state index < -0.39 is 0 Å². The Kier molecular flexibility index (Phi) is 4.66. The summed E-state index contributed by atoms with van der Waals surface area (Å²) in [7, 11) is 0. The Hall–Kier alpha value is -2.28. The molecule has 0 bridgehead atoms. The van der Waals surface area contributed by atoms with Crippen LogP contribution in [-0.4, -0.2) is 51.2 Å². The minimum Gasteiger partial charge on any atom is -0.354 e. The van der Waals surface area contributed by atoms with Gasteiger partial charge in [-0.25, -0.2) is 4.98 Å². The molecule has 7 heteroatoms. The van der Waals surface area contributed by atoms with Crippen LogP contribution < -0.4 is 10.5 Å². The van der Waals surface area contributed by atoms with Crippen molar-refractivity contribution >= 4 is 5.82 Å². The molecule has 2 aromatic rings. The fourth-order valence-corrected chi connectivity index (χ4v) is 2.99. The second-order valence-corrected chi connectivity index (χ2v) is 5.91. The van der Waals surface area contributed by atoms with Gasteiger partial charge in [0.2, 0.25) is 0 Å². The van der Waals surface area contributed by atoms with Crippen molar-refractivity contribution in [2.75, 3.05) is 31.1 Å². The molecule has 23 heavy (non-hydrogen) atoms. The monoisotopic (exact) mass is 314 g/mol. The van der Waals surface area contributed by atoms with Gasteiger partial charge in [-0.15, -0.1) is 5.10 Å². The topological polar surface area (TPSA) is 78.0 Å². The van der Waals surface area contributed by atoms with E-state index in [1.807, 2.05) is 19.1 Å². The largest absolute Gasteiger partial charge is 0.354 e. The van der Waals surface area contributed by atoms with Gasteiger partial charge in [-0.2, -0.15) is 5.10 Å². The highest BCUT2D eigenvalue weighted by molar-refractivity contribution is 5.36. The smallest absolute Gasteiger partial charge is 0.251 e. The predicted octanol–water partition coefficient (Wildman–Crippen LogP) is 1.14. The summed E-state index contributed by atoms with van der Waals surface area (Å²) < 4.78 is 0. The Labute approximate surface area is 135 Å². The third-order valence-electron chi connectivity index (χ3n) is 4.24. The molecule has 2 aromatic heterocycles. The van der Waals surface area contributed by atoms with Crippen molar-refractivity contribution in [3.8, 4) is 0 Å². The van der Waals surface area contributed by atoms with E-state index in [4.69, 9.17) is 0 Å². The summed E-state index contributed by atoms with van der Waals surface area (Å²) in [5.74, 6) is 1.66. The summed E-state index contributed by atoms with van der Waals surface area (Å²) >= 11 is 0. The maximum absolute atomic E-state index is 11.7. The maximum Gasteiger partial charge on any atom is 0.251 e. The van der Waals surface area contributed by atoms with Crippen LogP contribution in [0.5, 0.6) is 0 Å². The number of aryl methyl sites for hydroxylation is 1. The second kappa shape index (κ2) is 6.87. The van der Waals surface area contributed by atoms with Crippen LogP contribution in [0.15, 0.2) is 29.2 Å². The first-order chi connectivity index (χ1) is 11.1. The molecule has 0 saturated carbocycles. The van der Waals surface area contributed by atoms with Crippen molar-refractivity contribution in [2.24, 2.45) is 0 Å². The summed E-state index contributed by atoms with van der Waals surface area (Å²) in [5, 5.41) is 8.15. The van der Waals surface area contributed by atoms with Gasteiger partial charge in [-0.05, 0) is 32.4 Å². The quantitative estimate of drug-likeness (QED) is 0.915. The Morgan fingerprint density at radius 3 is 2.87 bits per heavy atom. The normalized spacial score (nSPS) is 17.7. The van der Waals surface area contributed by atoms with Gasteiger partial charge in [0, 0.05) is 44.1 Å². The highest BCUT2D eigenvalue weighted by Crippen LogP contribution is 2.19. The van der Waals surface area contributed by atoms with Gasteiger partial charge < -0.3 is 9.88 Å². The zero-order valence-electron chi connectivity index (χ0n) is 13.6. The van der Waals surface area contributed by atoms with E-state index in [9.17, 15) is 4.79 Å². The van der Waals surface area contributed by atoms with E-state index in [0.717, 1.165) is 49.9 Å². The van der Waals surface area contributed by atoms with Crippen LogP contribution >= 0.6 is 0 Å². The SMILES string of the molecule is Cc1cc(=O)[nH]c(C(C)N2CCCN(c3cccnn3)CC2)n1. The van der Waals surface area contributed by atoms with E-state index in [1.54, 1.807) is 6.20 Å². The Balaban J connectivity index is 1.71. The Morgan fingerprint density at radius 1 is 1.26 bits per heavy atom. The highest BCUT2D eigenvalue weighted by Gasteiger charge is 2.22. The number of anilines is 1. The standard InChI is InChI=1S/C16H22N6O/c1-12-11-15(23)19-16(18-12)13(2)21-7-4-8-22(10-9-21)14-5-3-6-17-20-14/h3,5-6,11,13H,4,7-10H2,1-2H3,(H,18,19,23). The van der Waals surface area contributed by atoms with Crippen LogP contribution in [0, 0.1) is 6.92 Å². The molecule has 0 spiro atoms. The molecule has 1 aliphatic heterocycles. The average Bonchev–Trinajstić information content (AvgIpc) is 2.80. The van der Waals surface area contributed by atoms with Gasteiger partial charge in [0.25, 0.3) is 5.56 Å². The maximum atomic E-state index is 11.7. The Morgan fingerprint density at radius 2 is 2.13 bits per heavy atom. The molecule has 1 saturated heterocycles. The van der Waals surface area contributed by atoms with Gasteiger partial charge >= 0.3 is 0 Å². The first kappa shape index (κ1) is 15.6. The van der Waals surface area contributed by atoms with E-state index >= 15 is 0 Å². The minimum atomic E-state index is -0.0876. The molecule has 1 fully saturated rings. The van der Waals surface area contributed by atoms with Crippen molar-refractivity contribution in [3.63, 3.8) is 0 Å². The first-order valence-electron chi connectivity index (χ1n) is 7.98. The van der Waals surface area contributed by atoms with Crippen molar-refractivity contribution in [3.05, 3.63) is 46.3 Å². The molecule has 0 amide bonds. The van der Waals surface area contributed by atoms with Crippen LogP contribution in [0.4, 0.5) is 5.82 Å². The molecule has 122 valence electrons. The lowest BCUT2D eigenvalue weighted by Gasteiger charge is -2.27. The minimum absolute atomic E-state index is 0.0874. The molecule has 3 rings (SSSR count). The number of aromatic amines is 1. The summed E-state index contributed by atoms with van der Waals surface area (Å²) in [6.07, 6.45) is 2.73. The molecule has 1 atom stereocenters. The fourth-order valence-electron chi connectivity index (χ4n) is 2.99. The van der Waals surface area contributed by atoms with Gasteiger partial charge in [-0.1, -0.05) is 0 Å². The van der Waals surface area contributed by atoms with E-state index in [0.29, 0.717) is 0 Å². The molecule has 7 nitrogen and oxygen atoms in total. The van der Waals surface area contributed by atoms with Crippen LogP contribution in [0.1, 0.15) is 30.9 Å². The number of hydrogen-bond acceptors (Lipinski definition) is 6. The van der Waals surface area contributed by atoms with Crippen LogP contribution in [-0.2, 0) is 0 Å². The predicted molar refractivity (Wildman–Crippen MR) is 88.4 cm³/mol. The molecular formula is C16H22N6O. The van der Waals surface area contributed by atoms with Crippen LogP contribution in [0.2, 0.25) is 0 Å². The van der Waals surface area contributed by atoms with Crippen molar-refractivity contribution in [2.45, 2.75) is 26.3 Å². The number of nitrogens with one attached hydrogen (secondary N) is 1. The fraction of sp³-hybridized carbons (Fsp3) is 0.500. The number of nitrogens with zero attached hydrogens (tertiary/aromatic N) is 5. The Bertz CT molecular complexity index is 701. The lowest BCUT2D eigenvalue weighted by Crippen LogP contribution is -2.34. The summed E-state index contributed by atoms with van der Waals surface area (Å²) in [6, 6.07) is 5.51. The first-order valence-corrected chi connectivity index (χ1v) is 7.98. The number of hydrogen-bond donors (Lipinski definition) is 1. The van der Waals surface area contributed by atoms with Crippen molar-refractivity contribution in [1.29, 1.82) is 0 Å². The van der Waals surface area contributed by atoms with Crippen LogP contribution in [0.25, 0.3) is 0 Å². The van der Waals surface area contributed by atoms with Crippen molar-refractivity contribution in [1.82, 2.24) is 25.1 Å². The third-order valence-corrected chi connectivity index (χ3v) is 4.24. The lowest BCUT2D eigenvalue weighted by atomic mass is 10.2. The zero-order valence-corrected chi connectivity index (χ0v) is 13.6. The van der Waals surface area contributed by atoms with Gasteiger partial charge in [0.15, 0.2) is 5.82 Å².